The number of nitrogen functional groups attached to an aromatic ring is 1. The van der Waals surface area contributed by atoms with Gasteiger partial charge in [-0.25, -0.2) is 9.18 Å². The zero-order chi connectivity index (χ0) is 15.7. The summed E-state index contributed by atoms with van der Waals surface area (Å²) in [6.07, 6.45) is 0. The molecule has 0 radical (unpaired) electrons. The highest BCUT2D eigenvalue weighted by atomic mass is 28.4. The molecular weight excluding hydrogens is 277 g/mol. The standard InChI is InChI=1S/C14H22FNO3Si/c1-14(2,3)20(5,6)19-12-7-9(13(17)18-4)11(16)8-10(12)15/h7-8H,16H2,1-6H3. The van der Waals surface area contributed by atoms with Gasteiger partial charge >= 0.3 is 5.97 Å². The van der Waals surface area contributed by atoms with E-state index in [1.165, 1.54) is 13.2 Å². The lowest BCUT2D eigenvalue weighted by Crippen LogP contribution is -2.44. The number of halogens is 1. The summed E-state index contributed by atoms with van der Waals surface area (Å²) in [7, 11) is -0.946. The second kappa shape index (κ2) is 5.44. The van der Waals surface area contributed by atoms with Gasteiger partial charge in [0.1, 0.15) is 5.75 Å². The first-order chi connectivity index (χ1) is 8.99. The normalized spacial score (nSPS) is 12.2. The summed E-state index contributed by atoms with van der Waals surface area (Å²) in [6, 6.07) is 2.41. The molecule has 1 aromatic rings. The maximum absolute atomic E-state index is 14.0. The van der Waals surface area contributed by atoms with Crippen LogP contribution in [-0.4, -0.2) is 21.4 Å². The molecule has 0 saturated carbocycles. The average molecular weight is 299 g/mol. The van der Waals surface area contributed by atoms with E-state index in [4.69, 9.17) is 10.2 Å². The van der Waals surface area contributed by atoms with Crippen molar-refractivity contribution in [3.63, 3.8) is 0 Å². The molecule has 4 nitrogen and oxygen atoms in total. The van der Waals surface area contributed by atoms with E-state index in [2.05, 4.69) is 25.5 Å². The van der Waals surface area contributed by atoms with Crippen molar-refractivity contribution in [2.45, 2.75) is 38.9 Å². The molecule has 1 aromatic carbocycles. The van der Waals surface area contributed by atoms with Crippen LogP contribution in [0.25, 0.3) is 0 Å². The van der Waals surface area contributed by atoms with Crippen LogP contribution in [0, 0.1) is 5.82 Å². The van der Waals surface area contributed by atoms with E-state index < -0.39 is 20.1 Å². The lowest BCUT2D eigenvalue weighted by Gasteiger charge is -2.36. The van der Waals surface area contributed by atoms with Crippen LogP contribution in [0.4, 0.5) is 10.1 Å². The monoisotopic (exact) mass is 299 g/mol. The number of nitrogens with two attached hydrogens (primary N) is 1. The summed E-state index contributed by atoms with van der Waals surface area (Å²) < 4.78 is 24.5. The number of methoxy groups -OCH3 is 1. The first-order valence-corrected chi connectivity index (χ1v) is 9.27. The number of carbonyl (C=O) groups excluding carboxylic acids is 1. The topological polar surface area (TPSA) is 61.5 Å². The predicted molar refractivity (Wildman–Crippen MR) is 80.0 cm³/mol. The van der Waals surface area contributed by atoms with Crippen molar-refractivity contribution >= 4 is 20.0 Å². The van der Waals surface area contributed by atoms with Crippen LogP contribution in [0.3, 0.4) is 0 Å². The third kappa shape index (κ3) is 3.30. The van der Waals surface area contributed by atoms with Crippen LogP contribution in [0.2, 0.25) is 18.1 Å². The van der Waals surface area contributed by atoms with Gasteiger partial charge in [-0.15, -0.1) is 0 Å². The molecule has 0 atom stereocenters. The van der Waals surface area contributed by atoms with Gasteiger partial charge in [0, 0.05) is 11.8 Å². The van der Waals surface area contributed by atoms with Crippen molar-refractivity contribution in [1.82, 2.24) is 0 Å². The van der Waals surface area contributed by atoms with Crippen molar-refractivity contribution < 1.29 is 18.3 Å². The average Bonchev–Trinajstić information content (AvgIpc) is 2.30. The predicted octanol–water partition coefficient (Wildman–Crippen LogP) is 3.58. The largest absolute Gasteiger partial charge is 0.542 e. The Bertz CT molecular complexity index is 524. The molecule has 0 fully saturated rings. The minimum absolute atomic E-state index is 0.0388. The third-order valence-electron chi connectivity index (χ3n) is 3.68. The number of ether oxygens (including phenoxy) is 1. The van der Waals surface area contributed by atoms with Crippen molar-refractivity contribution in [3.8, 4) is 5.75 Å². The number of carbonyl (C=O) groups is 1. The Morgan fingerprint density at radius 3 is 2.30 bits per heavy atom. The minimum Gasteiger partial charge on any atom is -0.542 e. The number of esters is 1. The lowest BCUT2D eigenvalue weighted by atomic mass is 10.1. The van der Waals surface area contributed by atoms with E-state index in [1.807, 2.05) is 13.1 Å². The van der Waals surface area contributed by atoms with Crippen LogP contribution in [-0.2, 0) is 4.74 Å². The number of rotatable bonds is 3. The summed E-state index contributed by atoms with van der Waals surface area (Å²) in [5, 5.41) is -0.0771. The first kappa shape index (κ1) is 16.5. The van der Waals surface area contributed by atoms with Crippen LogP contribution >= 0.6 is 0 Å². The highest BCUT2D eigenvalue weighted by molar-refractivity contribution is 6.74. The number of hydrogen-bond donors (Lipinski definition) is 1. The van der Waals surface area contributed by atoms with Crippen molar-refractivity contribution in [2.24, 2.45) is 0 Å². The molecule has 0 unspecified atom stereocenters. The highest BCUT2D eigenvalue weighted by Gasteiger charge is 2.39. The maximum atomic E-state index is 14.0. The zero-order valence-corrected chi connectivity index (χ0v) is 13.8. The summed E-state index contributed by atoms with van der Waals surface area (Å²) in [6.45, 7) is 10.2. The van der Waals surface area contributed by atoms with Gasteiger partial charge in [0.25, 0.3) is 8.32 Å². The number of benzene rings is 1. The Hall–Kier alpha value is -1.56. The van der Waals surface area contributed by atoms with Gasteiger partial charge in [-0.3, -0.25) is 0 Å². The molecule has 6 heteroatoms. The van der Waals surface area contributed by atoms with Gasteiger partial charge in [-0.05, 0) is 24.2 Å². The second-order valence-electron chi connectivity index (χ2n) is 6.22. The van der Waals surface area contributed by atoms with Crippen LogP contribution < -0.4 is 10.2 Å². The van der Waals surface area contributed by atoms with Crippen LogP contribution in [0.5, 0.6) is 5.75 Å². The zero-order valence-electron chi connectivity index (χ0n) is 12.8. The number of anilines is 1. The summed E-state index contributed by atoms with van der Waals surface area (Å²) in [5.41, 5.74) is 5.78. The van der Waals surface area contributed by atoms with Gasteiger partial charge in [-0.2, -0.15) is 0 Å². The van der Waals surface area contributed by atoms with Gasteiger partial charge in [-0.1, -0.05) is 20.8 Å². The van der Waals surface area contributed by atoms with E-state index in [0.717, 1.165) is 6.07 Å². The van der Waals surface area contributed by atoms with E-state index in [0.29, 0.717) is 0 Å². The molecular formula is C14H22FNO3Si. The van der Waals surface area contributed by atoms with Crippen molar-refractivity contribution in [3.05, 3.63) is 23.5 Å². The fraction of sp³-hybridized carbons (Fsp3) is 0.500. The Morgan fingerprint density at radius 1 is 1.30 bits per heavy atom. The molecule has 0 saturated heterocycles. The summed E-state index contributed by atoms with van der Waals surface area (Å²) in [5.74, 6) is -1.13. The van der Waals surface area contributed by atoms with Gasteiger partial charge < -0.3 is 14.9 Å². The molecule has 0 bridgehead atoms. The molecule has 112 valence electrons. The molecule has 1 rings (SSSR count). The second-order valence-corrected chi connectivity index (χ2v) is 10.9. The Labute approximate surface area is 120 Å². The van der Waals surface area contributed by atoms with Crippen LogP contribution in [0.15, 0.2) is 12.1 Å². The minimum atomic E-state index is -2.20. The molecule has 0 spiro atoms. The molecule has 0 aliphatic heterocycles. The first-order valence-electron chi connectivity index (χ1n) is 6.36. The molecule has 20 heavy (non-hydrogen) atoms. The smallest absolute Gasteiger partial charge is 0.340 e. The Balaban J connectivity index is 3.23. The van der Waals surface area contributed by atoms with Gasteiger partial charge in [0.15, 0.2) is 5.82 Å². The maximum Gasteiger partial charge on any atom is 0.340 e. The SMILES string of the molecule is COC(=O)c1cc(O[Si](C)(C)C(C)(C)C)c(F)cc1N. The highest BCUT2D eigenvalue weighted by Crippen LogP contribution is 2.38. The van der Waals surface area contributed by atoms with Gasteiger partial charge in [0.2, 0.25) is 0 Å². The van der Waals surface area contributed by atoms with E-state index >= 15 is 0 Å². The summed E-state index contributed by atoms with van der Waals surface area (Å²) in [4.78, 5) is 11.6. The molecule has 0 amide bonds. The van der Waals surface area contributed by atoms with Crippen molar-refractivity contribution in [2.75, 3.05) is 12.8 Å². The molecule has 0 aliphatic carbocycles. The lowest BCUT2D eigenvalue weighted by molar-refractivity contribution is 0.0601. The fourth-order valence-electron chi connectivity index (χ4n) is 1.36. The molecule has 0 heterocycles. The quantitative estimate of drug-likeness (QED) is 0.526. The summed E-state index contributed by atoms with van der Waals surface area (Å²) >= 11 is 0. The van der Waals surface area contributed by atoms with Crippen LogP contribution in [0.1, 0.15) is 31.1 Å². The fourth-order valence-corrected chi connectivity index (χ4v) is 2.37. The molecule has 0 aliphatic rings. The van der Waals surface area contributed by atoms with E-state index in [1.54, 1.807) is 0 Å². The Kier molecular flexibility index (Phi) is 4.48. The third-order valence-corrected chi connectivity index (χ3v) is 8.02. The van der Waals surface area contributed by atoms with Gasteiger partial charge in [0.05, 0.1) is 12.7 Å². The van der Waals surface area contributed by atoms with E-state index in [-0.39, 0.29) is 22.0 Å². The van der Waals surface area contributed by atoms with E-state index in [9.17, 15) is 9.18 Å². The number of hydrogen-bond acceptors (Lipinski definition) is 4. The Morgan fingerprint density at radius 2 is 1.85 bits per heavy atom. The molecule has 0 aromatic heterocycles. The van der Waals surface area contributed by atoms with Crippen molar-refractivity contribution in [1.29, 1.82) is 0 Å². The molecule has 2 N–H and O–H groups in total.